The molecule has 0 aliphatic carbocycles. The average Bonchev–Trinajstić information content (AvgIpc) is 2.58. The van der Waals surface area contributed by atoms with Gasteiger partial charge in [-0.15, -0.1) is 0 Å². The summed E-state index contributed by atoms with van der Waals surface area (Å²) in [4.78, 5) is 34.3. The van der Waals surface area contributed by atoms with Gasteiger partial charge in [0.25, 0.3) is 11.6 Å². The predicted octanol–water partition coefficient (Wildman–Crippen LogP) is 3.37. The summed E-state index contributed by atoms with van der Waals surface area (Å²) in [6.45, 7) is 2.71. The number of carbonyl (C=O) groups excluding carboxylic acids is 2. The Morgan fingerprint density at radius 2 is 1.81 bits per heavy atom. The fourth-order valence-electron chi connectivity index (χ4n) is 2.06. The van der Waals surface area contributed by atoms with Crippen molar-refractivity contribution in [1.82, 2.24) is 0 Å². The molecule has 1 amide bonds. The quantitative estimate of drug-likeness (QED) is 0.498. The molecule has 0 aliphatic rings. The Morgan fingerprint density at radius 3 is 2.38 bits per heavy atom. The lowest BCUT2D eigenvalue weighted by Gasteiger charge is -2.14. The van der Waals surface area contributed by atoms with Crippen LogP contribution in [0.15, 0.2) is 36.4 Å². The first-order valence-electron chi connectivity index (χ1n) is 7.41. The van der Waals surface area contributed by atoms with Crippen molar-refractivity contribution in [2.75, 3.05) is 5.32 Å². The second kappa shape index (κ2) is 7.68. The third-order valence-corrected chi connectivity index (χ3v) is 3.51. The number of hydrogen-bond donors (Lipinski definition) is 1. The third kappa shape index (κ3) is 4.18. The van der Waals surface area contributed by atoms with Gasteiger partial charge in [-0.1, -0.05) is 12.1 Å². The molecule has 0 aromatic heterocycles. The summed E-state index contributed by atoms with van der Waals surface area (Å²) >= 11 is 0. The molecule has 7 nitrogen and oxygen atoms in total. The summed E-state index contributed by atoms with van der Waals surface area (Å²) in [6.07, 6.45) is -1.39. The lowest BCUT2D eigenvalue weighted by Crippen LogP contribution is -2.30. The van der Waals surface area contributed by atoms with Gasteiger partial charge in [0.05, 0.1) is 10.5 Å². The lowest BCUT2D eigenvalue weighted by atomic mass is 10.1. The van der Waals surface area contributed by atoms with E-state index in [0.717, 1.165) is 24.3 Å². The smallest absolute Gasteiger partial charge is 0.339 e. The highest BCUT2D eigenvalue weighted by atomic mass is 19.1. The Kier molecular flexibility index (Phi) is 5.61. The Bertz CT molecular complexity index is 865. The van der Waals surface area contributed by atoms with Gasteiger partial charge in [0.1, 0.15) is 17.3 Å². The zero-order valence-electron chi connectivity index (χ0n) is 13.8. The van der Waals surface area contributed by atoms with Crippen LogP contribution in [-0.4, -0.2) is 22.9 Å². The number of benzene rings is 2. The Morgan fingerprint density at radius 1 is 1.19 bits per heavy atom. The maximum atomic E-state index is 13.5. The van der Waals surface area contributed by atoms with E-state index in [1.807, 2.05) is 5.32 Å². The number of aryl methyl sites for hydroxylation is 1. The Balaban J connectivity index is 2.10. The minimum absolute atomic E-state index is 0.126. The third-order valence-electron chi connectivity index (χ3n) is 3.51. The molecule has 0 unspecified atom stereocenters. The van der Waals surface area contributed by atoms with Crippen molar-refractivity contribution in [3.8, 4) is 0 Å². The number of nitro groups is 1. The van der Waals surface area contributed by atoms with Crippen LogP contribution in [0.2, 0.25) is 0 Å². The zero-order valence-corrected chi connectivity index (χ0v) is 13.8. The molecule has 9 heteroatoms. The molecule has 0 fully saturated rings. The van der Waals surface area contributed by atoms with E-state index in [0.29, 0.717) is 5.56 Å². The minimum atomic E-state index is -1.39. The van der Waals surface area contributed by atoms with Gasteiger partial charge in [0.15, 0.2) is 6.10 Å². The summed E-state index contributed by atoms with van der Waals surface area (Å²) < 4.78 is 32.0. The van der Waals surface area contributed by atoms with E-state index in [-0.39, 0.29) is 11.3 Å². The Hall–Kier alpha value is -3.36. The average molecular weight is 364 g/mol. The molecule has 0 aliphatic heterocycles. The molecule has 0 heterocycles. The van der Waals surface area contributed by atoms with Gasteiger partial charge >= 0.3 is 5.97 Å². The first-order valence-corrected chi connectivity index (χ1v) is 7.41. The highest BCUT2D eigenvalue weighted by Crippen LogP contribution is 2.21. The molecule has 1 atom stereocenters. The van der Waals surface area contributed by atoms with Gasteiger partial charge < -0.3 is 10.1 Å². The van der Waals surface area contributed by atoms with Gasteiger partial charge in [-0.3, -0.25) is 14.9 Å². The summed E-state index contributed by atoms with van der Waals surface area (Å²) in [5, 5.41) is 12.9. The SMILES string of the molecule is Cc1ccc(C(=O)O[C@@H](C)C(=O)Nc2c(F)cccc2F)cc1[N+](=O)[O-]. The summed E-state index contributed by atoms with van der Waals surface area (Å²) in [7, 11) is 0. The van der Waals surface area contributed by atoms with Crippen molar-refractivity contribution in [3.63, 3.8) is 0 Å². The van der Waals surface area contributed by atoms with E-state index in [9.17, 15) is 28.5 Å². The molecule has 2 rings (SSSR count). The number of nitro benzene ring substituents is 1. The molecule has 2 aromatic rings. The number of amides is 1. The van der Waals surface area contributed by atoms with E-state index >= 15 is 0 Å². The van der Waals surface area contributed by atoms with Crippen LogP contribution in [0.5, 0.6) is 0 Å². The number of nitrogens with zero attached hydrogens (tertiary/aromatic N) is 1. The molecular weight excluding hydrogens is 350 g/mol. The summed E-state index contributed by atoms with van der Waals surface area (Å²) in [5.74, 6) is -3.90. The van der Waals surface area contributed by atoms with Crippen LogP contribution >= 0.6 is 0 Å². The van der Waals surface area contributed by atoms with E-state index in [1.54, 1.807) is 0 Å². The van der Waals surface area contributed by atoms with E-state index < -0.39 is 40.2 Å². The van der Waals surface area contributed by atoms with Gasteiger partial charge in [0.2, 0.25) is 0 Å². The van der Waals surface area contributed by atoms with Crippen molar-refractivity contribution in [3.05, 3.63) is 69.3 Å². The van der Waals surface area contributed by atoms with Crippen LogP contribution in [-0.2, 0) is 9.53 Å². The molecule has 0 saturated carbocycles. The fourth-order valence-corrected chi connectivity index (χ4v) is 2.06. The number of nitrogens with one attached hydrogen (secondary N) is 1. The van der Waals surface area contributed by atoms with Crippen molar-refractivity contribution in [1.29, 1.82) is 0 Å². The number of esters is 1. The number of rotatable bonds is 5. The lowest BCUT2D eigenvalue weighted by molar-refractivity contribution is -0.385. The normalized spacial score (nSPS) is 11.5. The van der Waals surface area contributed by atoms with Crippen LogP contribution in [0.3, 0.4) is 0 Å². The van der Waals surface area contributed by atoms with Crippen LogP contribution in [0.1, 0.15) is 22.8 Å². The van der Waals surface area contributed by atoms with Crippen molar-refractivity contribution in [2.45, 2.75) is 20.0 Å². The van der Waals surface area contributed by atoms with Gasteiger partial charge in [-0.2, -0.15) is 0 Å². The van der Waals surface area contributed by atoms with Crippen LogP contribution in [0, 0.1) is 28.7 Å². The molecule has 0 radical (unpaired) electrons. The number of para-hydroxylation sites is 1. The molecule has 136 valence electrons. The van der Waals surface area contributed by atoms with Gasteiger partial charge in [0, 0.05) is 11.6 Å². The Labute approximate surface area is 146 Å². The van der Waals surface area contributed by atoms with E-state index in [4.69, 9.17) is 4.74 Å². The maximum absolute atomic E-state index is 13.5. The van der Waals surface area contributed by atoms with Crippen LogP contribution in [0.4, 0.5) is 20.2 Å². The number of ether oxygens (including phenoxy) is 1. The van der Waals surface area contributed by atoms with E-state index in [1.165, 1.54) is 26.0 Å². The maximum Gasteiger partial charge on any atom is 0.339 e. The largest absolute Gasteiger partial charge is 0.449 e. The van der Waals surface area contributed by atoms with Gasteiger partial charge in [-0.05, 0) is 32.0 Å². The fraction of sp³-hybridized carbons (Fsp3) is 0.176. The van der Waals surface area contributed by atoms with Crippen molar-refractivity contribution >= 4 is 23.3 Å². The molecule has 26 heavy (non-hydrogen) atoms. The molecule has 0 spiro atoms. The molecule has 1 N–H and O–H groups in total. The number of hydrogen-bond acceptors (Lipinski definition) is 5. The molecular formula is C17H14F2N2O5. The van der Waals surface area contributed by atoms with Gasteiger partial charge in [-0.25, -0.2) is 13.6 Å². The topological polar surface area (TPSA) is 98.5 Å². The van der Waals surface area contributed by atoms with Crippen molar-refractivity contribution < 1.29 is 28.0 Å². The zero-order chi connectivity index (χ0) is 19.4. The molecule has 0 saturated heterocycles. The van der Waals surface area contributed by atoms with Crippen LogP contribution < -0.4 is 5.32 Å². The standard InChI is InChI=1S/C17H14F2N2O5/c1-9-6-7-11(8-14(9)21(24)25)17(23)26-10(2)16(22)20-15-12(18)4-3-5-13(15)19/h3-8,10H,1-2H3,(H,20,22)/t10-/m0/s1. The minimum Gasteiger partial charge on any atom is -0.449 e. The first kappa shape index (κ1) is 19.0. The molecule has 2 aromatic carbocycles. The predicted molar refractivity (Wildman–Crippen MR) is 87.7 cm³/mol. The number of halogens is 2. The summed E-state index contributed by atoms with van der Waals surface area (Å²) in [6, 6.07) is 6.76. The monoisotopic (exact) mass is 364 g/mol. The van der Waals surface area contributed by atoms with Crippen LogP contribution in [0.25, 0.3) is 0 Å². The van der Waals surface area contributed by atoms with E-state index in [2.05, 4.69) is 0 Å². The first-order chi connectivity index (χ1) is 12.2. The number of anilines is 1. The highest BCUT2D eigenvalue weighted by Gasteiger charge is 2.23. The summed E-state index contributed by atoms with van der Waals surface area (Å²) in [5.41, 5.74) is -0.706. The van der Waals surface area contributed by atoms with Crippen molar-refractivity contribution in [2.24, 2.45) is 0 Å². The molecule has 0 bridgehead atoms. The highest BCUT2D eigenvalue weighted by molar-refractivity contribution is 5.97. The second-order valence-corrected chi connectivity index (χ2v) is 5.39. The second-order valence-electron chi connectivity index (χ2n) is 5.39. The number of carbonyl (C=O) groups is 2.